The van der Waals surface area contributed by atoms with Gasteiger partial charge in [-0.05, 0) is 63.9 Å². The van der Waals surface area contributed by atoms with Gasteiger partial charge in [0.05, 0.1) is 23.7 Å². The third-order valence-corrected chi connectivity index (χ3v) is 5.39. The summed E-state index contributed by atoms with van der Waals surface area (Å²) < 4.78 is 5.43. The molecule has 7 heteroatoms. The van der Waals surface area contributed by atoms with E-state index in [1.807, 2.05) is 25.3 Å². The molecule has 0 saturated heterocycles. The molecule has 7 nitrogen and oxygen atoms in total. The van der Waals surface area contributed by atoms with Crippen molar-refractivity contribution in [3.63, 3.8) is 0 Å². The van der Waals surface area contributed by atoms with Gasteiger partial charge in [-0.25, -0.2) is 4.79 Å². The van der Waals surface area contributed by atoms with Gasteiger partial charge in [0.15, 0.2) is 0 Å². The van der Waals surface area contributed by atoms with Gasteiger partial charge in [0.1, 0.15) is 5.60 Å². The SMILES string of the molecule is Cc1ccc2[nH]cc(C[C@H](CN3C(=O)c4ccccc4C3=O)NC(=O)OC(C)(C)C)c2c1. The smallest absolute Gasteiger partial charge is 0.407 e. The lowest BCUT2D eigenvalue weighted by Gasteiger charge is -2.26. The summed E-state index contributed by atoms with van der Waals surface area (Å²) in [6, 6.07) is 12.4. The Kier molecular flexibility index (Phi) is 5.50. The van der Waals surface area contributed by atoms with Gasteiger partial charge >= 0.3 is 6.09 Å². The Morgan fingerprint density at radius 3 is 2.38 bits per heavy atom. The van der Waals surface area contributed by atoms with Crippen molar-refractivity contribution in [1.82, 2.24) is 15.2 Å². The number of carbonyl (C=O) groups excluding carboxylic acids is 3. The molecule has 1 aromatic heterocycles. The molecule has 0 saturated carbocycles. The largest absolute Gasteiger partial charge is 0.444 e. The van der Waals surface area contributed by atoms with Gasteiger partial charge in [-0.1, -0.05) is 23.8 Å². The normalized spacial score (nSPS) is 14.6. The number of aromatic amines is 1. The third-order valence-electron chi connectivity index (χ3n) is 5.39. The van der Waals surface area contributed by atoms with Crippen molar-refractivity contribution in [2.45, 2.75) is 45.8 Å². The summed E-state index contributed by atoms with van der Waals surface area (Å²) in [4.78, 5) is 42.7. The molecule has 3 aromatic rings. The lowest BCUT2D eigenvalue weighted by Crippen LogP contribution is -2.48. The number of rotatable bonds is 5. The number of carbonyl (C=O) groups is 3. The molecule has 4 rings (SSSR count). The second kappa shape index (κ2) is 8.15. The van der Waals surface area contributed by atoms with Crippen molar-refractivity contribution in [2.75, 3.05) is 6.54 Å². The number of aryl methyl sites for hydroxylation is 1. The highest BCUT2D eigenvalue weighted by Crippen LogP contribution is 2.25. The van der Waals surface area contributed by atoms with Crippen molar-refractivity contribution in [1.29, 1.82) is 0 Å². The molecule has 0 aliphatic carbocycles. The molecule has 2 heterocycles. The van der Waals surface area contributed by atoms with E-state index in [4.69, 9.17) is 4.74 Å². The van der Waals surface area contributed by atoms with Crippen LogP contribution in [0.5, 0.6) is 0 Å². The summed E-state index contributed by atoms with van der Waals surface area (Å²) in [7, 11) is 0. The molecule has 1 aliphatic heterocycles. The molecule has 2 N–H and O–H groups in total. The summed E-state index contributed by atoms with van der Waals surface area (Å²) >= 11 is 0. The highest BCUT2D eigenvalue weighted by molar-refractivity contribution is 6.21. The Hall–Kier alpha value is -3.61. The van der Waals surface area contributed by atoms with Crippen molar-refractivity contribution >= 4 is 28.8 Å². The number of hydrogen-bond donors (Lipinski definition) is 2. The molecule has 32 heavy (non-hydrogen) atoms. The zero-order valence-corrected chi connectivity index (χ0v) is 18.7. The van der Waals surface area contributed by atoms with Crippen LogP contribution >= 0.6 is 0 Å². The molecule has 0 fully saturated rings. The molecule has 1 aliphatic rings. The topological polar surface area (TPSA) is 91.5 Å². The number of fused-ring (bicyclic) bond motifs is 2. The summed E-state index contributed by atoms with van der Waals surface area (Å²) in [6.07, 6.45) is 1.74. The van der Waals surface area contributed by atoms with E-state index in [-0.39, 0.29) is 18.4 Å². The minimum atomic E-state index is -0.665. The average Bonchev–Trinajstić information content (AvgIpc) is 3.21. The lowest BCUT2D eigenvalue weighted by molar-refractivity contribution is 0.0468. The Labute approximate surface area is 186 Å². The number of hydrogen-bond acceptors (Lipinski definition) is 4. The van der Waals surface area contributed by atoms with Crippen LogP contribution < -0.4 is 5.32 Å². The van der Waals surface area contributed by atoms with Crippen LogP contribution in [-0.2, 0) is 11.2 Å². The molecule has 3 amide bonds. The van der Waals surface area contributed by atoms with Gasteiger partial charge in [-0.15, -0.1) is 0 Å². The Morgan fingerprint density at radius 1 is 1.09 bits per heavy atom. The quantitative estimate of drug-likeness (QED) is 0.590. The predicted octanol–water partition coefficient (Wildman–Crippen LogP) is 4.21. The molecule has 0 radical (unpaired) electrons. The molecule has 0 unspecified atom stereocenters. The number of nitrogens with one attached hydrogen (secondary N) is 2. The van der Waals surface area contributed by atoms with Gasteiger partial charge in [-0.3, -0.25) is 14.5 Å². The van der Waals surface area contributed by atoms with Crippen LogP contribution in [0.25, 0.3) is 10.9 Å². The first-order chi connectivity index (χ1) is 15.1. The molecule has 0 spiro atoms. The van der Waals surface area contributed by atoms with E-state index in [0.717, 1.165) is 22.0 Å². The van der Waals surface area contributed by atoms with E-state index in [0.29, 0.717) is 17.5 Å². The summed E-state index contributed by atoms with van der Waals surface area (Å²) in [6.45, 7) is 7.42. The number of aromatic nitrogens is 1. The van der Waals surface area contributed by atoms with Crippen LogP contribution in [-0.4, -0.2) is 46.0 Å². The minimum absolute atomic E-state index is 0.0457. The molecule has 2 aromatic carbocycles. The molecule has 0 bridgehead atoms. The Morgan fingerprint density at radius 2 is 1.75 bits per heavy atom. The second-order valence-corrected chi connectivity index (χ2v) is 9.18. The lowest BCUT2D eigenvalue weighted by atomic mass is 10.0. The van der Waals surface area contributed by atoms with E-state index in [2.05, 4.69) is 16.4 Å². The van der Waals surface area contributed by atoms with Crippen LogP contribution in [0.4, 0.5) is 4.79 Å². The zero-order chi connectivity index (χ0) is 23.0. The van der Waals surface area contributed by atoms with E-state index < -0.39 is 17.7 Å². The molecular formula is C25H27N3O4. The van der Waals surface area contributed by atoms with Crippen molar-refractivity contribution in [3.05, 3.63) is 70.9 Å². The Balaban J connectivity index is 1.60. The van der Waals surface area contributed by atoms with Gasteiger partial charge in [0, 0.05) is 17.1 Å². The number of amides is 3. The first-order valence-electron chi connectivity index (χ1n) is 10.6. The van der Waals surface area contributed by atoms with E-state index in [9.17, 15) is 14.4 Å². The predicted molar refractivity (Wildman–Crippen MR) is 122 cm³/mol. The summed E-state index contributed by atoms with van der Waals surface area (Å²) in [5.41, 5.74) is 3.20. The van der Waals surface area contributed by atoms with Crippen molar-refractivity contribution in [2.24, 2.45) is 0 Å². The van der Waals surface area contributed by atoms with Gasteiger partial charge in [0.25, 0.3) is 11.8 Å². The van der Waals surface area contributed by atoms with Crippen molar-refractivity contribution < 1.29 is 19.1 Å². The molecule has 166 valence electrons. The highest BCUT2D eigenvalue weighted by atomic mass is 16.6. The van der Waals surface area contributed by atoms with Crippen molar-refractivity contribution in [3.8, 4) is 0 Å². The number of H-pyrrole nitrogens is 1. The second-order valence-electron chi connectivity index (χ2n) is 9.18. The fourth-order valence-electron chi connectivity index (χ4n) is 3.99. The minimum Gasteiger partial charge on any atom is -0.444 e. The first-order valence-corrected chi connectivity index (χ1v) is 10.6. The van der Waals surface area contributed by atoms with Crippen LogP contribution in [0.15, 0.2) is 48.7 Å². The highest BCUT2D eigenvalue weighted by Gasteiger charge is 2.37. The van der Waals surface area contributed by atoms with Crippen LogP contribution in [0.2, 0.25) is 0 Å². The molecular weight excluding hydrogens is 406 g/mol. The van der Waals surface area contributed by atoms with Crippen LogP contribution in [0.1, 0.15) is 52.6 Å². The maximum Gasteiger partial charge on any atom is 0.407 e. The summed E-state index contributed by atoms with van der Waals surface area (Å²) in [5, 5.41) is 3.91. The number of ether oxygens (including phenoxy) is 1. The number of imide groups is 1. The standard InChI is InChI=1S/C25H27N3O4/c1-15-9-10-21-20(11-15)16(13-26-21)12-17(27-24(31)32-25(2,3)4)14-28-22(29)18-7-5-6-8-19(18)23(28)30/h5-11,13,17,26H,12,14H2,1-4H3,(H,27,31)/t17-/m1/s1. The fourth-order valence-corrected chi connectivity index (χ4v) is 3.99. The fraction of sp³-hybridized carbons (Fsp3) is 0.320. The van der Waals surface area contributed by atoms with Gasteiger partial charge < -0.3 is 15.0 Å². The third kappa shape index (κ3) is 4.37. The first kappa shape index (κ1) is 21.6. The maximum atomic E-state index is 12.9. The van der Waals surface area contributed by atoms with Crippen LogP contribution in [0.3, 0.4) is 0 Å². The number of nitrogens with zero attached hydrogens (tertiary/aromatic N) is 1. The van der Waals surface area contributed by atoms with E-state index in [1.165, 1.54) is 4.90 Å². The average molecular weight is 434 g/mol. The zero-order valence-electron chi connectivity index (χ0n) is 18.7. The number of benzene rings is 2. The Bertz CT molecular complexity index is 1170. The van der Waals surface area contributed by atoms with Crippen LogP contribution in [0, 0.1) is 6.92 Å². The van der Waals surface area contributed by atoms with E-state index in [1.54, 1.807) is 45.0 Å². The van der Waals surface area contributed by atoms with E-state index >= 15 is 0 Å². The summed E-state index contributed by atoms with van der Waals surface area (Å²) in [5.74, 6) is -0.701. The monoisotopic (exact) mass is 433 g/mol. The maximum absolute atomic E-state index is 12.9. The molecule has 1 atom stereocenters. The number of alkyl carbamates (subject to hydrolysis) is 1. The van der Waals surface area contributed by atoms with Gasteiger partial charge in [-0.2, -0.15) is 0 Å². The van der Waals surface area contributed by atoms with Gasteiger partial charge in [0.2, 0.25) is 0 Å².